The summed E-state index contributed by atoms with van der Waals surface area (Å²) in [5.74, 6) is 0. The third kappa shape index (κ3) is 1.35. The second-order valence-corrected chi connectivity index (χ2v) is 3.28. The van der Waals surface area contributed by atoms with Gasteiger partial charge in [0, 0.05) is 0 Å². The predicted molar refractivity (Wildman–Crippen MR) is 21.0 cm³/mol. The summed E-state index contributed by atoms with van der Waals surface area (Å²) < 4.78 is 6.35. The minimum absolute atomic E-state index is 0.272. The van der Waals surface area contributed by atoms with Crippen LogP contribution >= 0.6 is 0 Å². The standard InChI is InChI=1S/C4H7O.Au/c1-2-3-4-5;/h2-3H2,1H3;/q-1;+1. The van der Waals surface area contributed by atoms with Crippen LogP contribution in [0.3, 0.4) is 0 Å². The first kappa shape index (κ1) is 4.72. The molecular formula is C4H7AuO. The van der Waals surface area contributed by atoms with Gasteiger partial charge in [-0.2, -0.15) is 0 Å². The summed E-state index contributed by atoms with van der Waals surface area (Å²) in [7, 11) is 0. The Morgan fingerprint density at radius 1 is 1.83 bits per heavy atom. The van der Waals surface area contributed by atoms with Gasteiger partial charge in [-0.05, 0) is 0 Å². The molecule has 0 spiro atoms. The van der Waals surface area contributed by atoms with Crippen molar-refractivity contribution in [1.82, 2.24) is 0 Å². The Bertz CT molecular complexity index is 77.6. The number of hydrogen-bond acceptors (Lipinski definition) is 1. The second kappa shape index (κ2) is 2.03. The zero-order chi connectivity index (χ0) is 4.41. The van der Waals surface area contributed by atoms with Crippen molar-refractivity contribution >= 4 is 3.91 Å². The Kier molecular flexibility index (Phi) is 1.60. The van der Waals surface area contributed by atoms with E-state index >= 15 is 0 Å². The molecule has 0 aromatic rings. The minimum atomic E-state index is 0.272. The van der Waals surface area contributed by atoms with E-state index < -0.39 is 0 Å². The van der Waals surface area contributed by atoms with Gasteiger partial charge in [-0.1, -0.05) is 0 Å². The van der Waals surface area contributed by atoms with Crippen LogP contribution in [0.2, 0.25) is 0 Å². The molecule has 0 radical (unpaired) electrons. The van der Waals surface area contributed by atoms with E-state index in [0.717, 1.165) is 0 Å². The molecule has 0 saturated carbocycles. The Morgan fingerprint density at radius 2 is 2.50 bits per heavy atom. The molecule has 1 rings (SSSR count). The van der Waals surface area contributed by atoms with E-state index in [-0.39, 0.29) is 19.7 Å². The maximum absolute atomic E-state index is 4.96. The molecule has 0 aromatic heterocycles. The molecule has 0 unspecified atom stereocenters. The van der Waals surface area contributed by atoms with Crippen LogP contribution in [0.15, 0.2) is 0 Å². The molecule has 0 aliphatic carbocycles. The van der Waals surface area contributed by atoms with Crippen molar-refractivity contribution in [3.8, 4) is 0 Å². The van der Waals surface area contributed by atoms with E-state index in [4.69, 9.17) is 3.24 Å². The van der Waals surface area contributed by atoms with Crippen molar-refractivity contribution in [3.05, 3.63) is 0 Å². The molecule has 0 amide bonds. The van der Waals surface area contributed by atoms with Gasteiger partial charge in [0.2, 0.25) is 0 Å². The fourth-order valence-corrected chi connectivity index (χ4v) is 1.40. The molecule has 0 atom stereocenters. The molecule has 0 saturated heterocycles. The summed E-state index contributed by atoms with van der Waals surface area (Å²) >= 11 is 0.272. The zero-order valence-electron chi connectivity index (χ0n) is 3.62. The Labute approximate surface area is 47.0 Å². The quantitative estimate of drug-likeness (QED) is 0.679. The molecule has 1 heterocycles. The van der Waals surface area contributed by atoms with Gasteiger partial charge in [-0.3, -0.25) is 0 Å². The van der Waals surface area contributed by atoms with Crippen molar-refractivity contribution in [1.29, 1.82) is 0 Å². The Hall–Kier alpha value is 0.570. The van der Waals surface area contributed by atoms with Gasteiger partial charge in [0.25, 0.3) is 0 Å². The van der Waals surface area contributed by atoms with E-state index in [1.807, 2.05) is 0 Å². The average Bonchev–Trinajstić information content (AvgIpc) is 2.21. The summed E-state index contributed by atoms with van der Waals surface area (Å²) in [5.41, 5.74) is 0. The van der Waals surface area contributed by atoms with Gasteiger partial charge >= 0.3 is 46.6 Å². The van der Waals surface area contributed by atoms with E-state index in [1.54, 1.807) is 0 Å². The van der Waals surface area contributed by atoms with Crippen LogP contribution in [-0.4, -0.2) is 3.91 Å². The molecule has 0 bridgehead atoms. The van der Waals surface area contributed by atoms with Gasteiger partial charge in [0.1, 0.15) is 0 Å². The molecule has 0 fully saturated rings. The topological polar surface area (TPSA) is 12.5 Å². The fraction of sp³-hybridized carbons (Fsp3) is 0.750. The van der Waals surface area contributed by atoms with Crippen molar-refractivity contribution in [2.45, 2.75) is 19.8 Å². The molecule has 2 heteroatoms. The van der Waals surface area contributed by atoms with Crippen molar-refractivity contribution in [2.75, 3.05) is 0 Å². The van der Waals surface area contributed by atoms with Crippen LogP contribution < -0.4 is 0 Å². The summed E-state index contributed by atoms with van der Waals surface area (Å²) in [6.45, 7) is 2.18. The predicted octanol–water partition coefficient (Wildman–Crippen LogP) is 0.944. The SMILES string of the molecule is CCC[C]1=[Au][O]1. The number of hydrogen-bond donors (Lipinski definition) is 0. The Morgan fingerprint density at radius 3 is 2.67 bits per heavy atom. The molecular weight excluding hydrogens is 261 g/mol. The first-order valence-corrected chi connectivity index (χ1v) is 4.01. The van der Waals surface area contributed by atoms with Crippen LogP contribution in [0.4, 0.5) is 0 Å². The zero-order valence-corrected chi connectivity index (χ0v) is 5.79. The van der Waals surface area contributed by atoms with Gasteiger partial charge in [0.05, 0.1) is 0 Å². The average molecular weight is 268 g/mol. The summed E-state index contributed by atoms with van der Waals surface area (Å²) in [4.78, 5) is 0. The second-order valence-electron chi connectivity index (χ2n) is 1.19. The first-order valence-electron chi connectivity index (χ1n) is 2.04. The molecule has 1 nitrogen and oxygen atoms in total. The van der Waals surface area contributed by atoms with E-state index in [9.17, 15) is 0 Å². The van der Waals surface area contributed by atoms with Crippen LogP contribution in [-0.2, 0) is 22.9 Å². The monoisotopic (exact) mass is 268 g/mol. The summed E-state index contributed by atoms with van der Waals surface area (Å²) in [6, 6.07) is 0. The van der Waals surface area contributed by atoms with E-state index in [0.29, 0.717) is 0 Å². The molecule has 0 aromatic carbocycles. The van der Waals surface area contributed by atoms with Crippen LogP contribution in [0, 0.1) is 0 Å². The van der Waals surface area contributed by atoms with E-state index in [1.165, 1.54) is 16.8 Å². The molecule has 1 aliphatic heterocycles. The van der Waals surface area contributed by atoms with Gasteiger partial charge in [-0.25, -0.2) is 0 Å². The molecule has 0 N–H and O–H groups in total. The maximum atomic E-state index is 4.96. The third-order valence-corrected chi connectivity index (χ3v) is 2.19. The van der Waals surface area contributed by atoms with Crippen LogP contribution in [0.1, 0.15) is 19.8 Å². The summed E-state index contributed by atoms with van der Waals surface area (Å²) in [6.07, 6.45) is 2.48. The van der Waals surface area contributed by atoms with Gasteiger partial charge in [0.15, 0.2) is 0 Å². The van der Waals surface area contributed by atoms with Crippen molar-refractivity contribution < 1.29 is 22.9 Å². The van der Waals surface area contributed by atoms with Crippen molar-refractivity contribution in [3.63, 3.8) is 0 Å². The van der Waals surface area contributed by atoms with Crippen LogP contribution in [0.5, 0.6) is 0 Å². The third-order valence-electron chi connectivity index (χ3n) is 0.576. The van der Waals surface area contributed by atoms with E-state index in [2.05, 4.69) is 6.92 Å². The first-order chi connectivity index (χ1) is 2.93. The summed E-state index contributed by atoms with van der Waals surface area (Å²) in [5, 5.41) is 0. The van der Waals surface area contributed by atoms with Gasteiger partial charge in [-0.15, -0.1) is 0 Å². The van der Waals surface area contributed by atoms with Crippen molar-refractivity contribution in [2.24, 2.45) is 0 Å². The molecule has 6 heavy (non-hydrogen) atoms. The van der Waals surface area contributed by atoms with Gasteiger partial charge < -0.3 is 0 Å². The van der Waals surface area contributed by atoms with Crippen LogP contribution in [0.25, 0.3) is 0 Å². The fourth-order valence-electron chi connectivity index (χ4n) is 0.261. The molecule has 1 aliphatic rings. The normalized spacial score (nSPS) is 19.8. The number of rotatable bonds is 2. The molecule has 40 valence electrons. The Balaban J connectivity index is 2.02.